The van der Waals surface area contributed by atoms with Crippen LogP contribution in [0.2, 0.25) is 5.02 Å². The highest BCUT2D eigenvalue weighted by molar-refractivity contribution is 6.30. The average molecular weight is 356 g/mol. The van der Waals surface area contributed by atoms with Gasteiger partial charge in [0.1, 0.15) is 5.65 Å². The highest BCUT2D eigenvalue weighted by atomic mass is 35.5. The molecule has 1 aromatic carbocycles. The van der Waals surface area contributed by atoms with Crippen molar-refractivity contribution in [1.82, 2.24) is 20.2 Å². The van der Waals surface area contributed by atoms with E-state index in [9.17, 15) is 0 Å². The number of aromatic nitrogens is 2. The first-order valence-corrected chi connectivity index (χ1v) is 8.62. The first-order chi connectivity index (χ1) is 12.2. The number of nitrogens with zero attached hydrogens (tertiary/aromatic N) is 3. The largest absolute Gasteiger partial charge is 0.356 e. The van der Waals surface area contributed by atoms with Gasteiger partial charge in [-0.15, -0.1) is 0 Å². The van der Waals surface area contributed by atoms with Crippen molar-refractivity contribution < 1.29 is 0 Å². The Morgan fingerprint density at radius 3 is 2.84 bits per heavy atom. The number of fused-ring (bicyclic) bond motifs is 1. The first-order valence-electron chi connectivity index (χ1n) is 8.24. The average Bonchev–Trinajstić information content (AvgIpc) is 3.04. The molecule has 3 aromatic rings. The summed E-state index contributed by atoms with van der Waals surface area (Å²) in [6.45, 7) is 1.58. The van der Waals surface area contributed by atoms with Gasteiger partial charge in [0, 0.05) is 50.0 Å². The Labute approximate surface area is 152 Å². The van der Waals surface area contributed by atoms with Crippen molar-refractivity contribution >= 4 is 28.6 Å². The third-order valence-electron chi connectivity index (χ3n) is 4.12. The van der Waals surface area contributed by atoms with Gasteiger partial charge in [0.25, 0.3) is 0 Å². The van der Waals surface area contributed by atoms with E-state index in [1.165, 1.54) is 16.5 Å². The minimum absolute atomic E-state index is 0.752. The van der Waals surface area contributed by atoms with E-state index < -0.39 is 0 Å². The second-order valence-electron chi connectivity index (χ2n) is 5.92. The maximum atomic E-state index is 5.94. The molecule has 0 unspecified atom stereocenters. The van der Waals surface area contributed by atoms with Crippen LogP contribution >= 0.6 is 11.6 Å². The maximum Gasteiger partial charge on any atom is 0.193 e. The molecule has 0 saturated carbocycles. The summed E-state index contributed by atoms with van der Waals surface area (Å²) in [4.78, 5) is 14.0. The minimum atomic E-state index is 0.752. The van der Waals surface area contributed by atoms with Gasteiger partial charge in [0.05, 0.1) is 0 Å². The van der Waals surface area contributed by atoms with E-state index in [0.29, 0.717) is 0 Å². The summed E-state index contributed by atoms with van der Waals surface area (Å²) in [5, 5.41) is 5.35. The fraction of sp³-hybridized carbons (Fsp3) is 0.263. The third kappa shape index (κ3) is 4.31. The highest BCUT2D eigenvalue weighted by Gasteiger charge is 2.08. The Kier molecular flexibility index (Phi) is 5.56. The molecule has 0 aliphatic carbocycles. The number of pyridine rings is 1. The van der Waals surface area contributed by atoms with Gasteiger partial charge in [-0.3, -0.25) is 4.99 Å². The second-order valence-corrected chi connectivity index (χ2v) is 6.36. The second kappa shape index (κ2) is 8.03. The molecule has 25 heavy (non-hydrogen) atoms. The van der Waals surface area contributed by atoms with E-state index in [1.54, 1.807) is 13.2 Å². The van der Waals surface area contributed by atoms with Crippen LogP contribution in [-0.4, -0.2) is 41.5 Å². The molecule has 5 nitrogen and oxygen atoms in total. The zero-order chi connectivity index (χ0) is 17.6. The zero-order valence-corrected chi connectivity index (χ0v) is 15.2. The number of nitrogens with one attached hydrogen (secondary N) is 2. The number of hydrogen-bond donors (Lipinski definition) is 2. The number of benzene rings is 1. The van der Waals surface area contributed by atoms with Crippen molar-refractivity contribution in [2.24, 2.45) is 4.99 Å². The molecule has 0 amide bonds. The van der Waals surface area contributed by atoms with Crippen molar-refractivity contribution in [2.75, 3.05) is 20.6 Å². The normalized spacial score (nSPS) is 11.7. The topological polar surface area (TPSA) is 56.3 Å². The first kappa shape index (κ1) is 17.3. The molecule has 2 heterocycles. The van der Waals surface area contributed by atoms with Gasteiger partial charge in [0.15, 0.2) is 5.96 Å². The molecule has 0 atom stereocenters. The lowest BCUT2D eigenvalue weighted by Gasteiger charge is -2.22. The van der Waals surface area contributed by atoms with Gasteiger partial charge in [-0.1, -0.05) is 23.7 Å². The van der Waals surface area contributed by atoms with Crippen molar-refractivity contribution in [3.8, 4) is 0 Å². The van der Waals surface area contributed by atoms with Crippen LogP contribution in [0, 0.1) is 0 Å². The zero-order valence-electron chi connectivity index (χ0n) is 14.5. The smallest absolute Gasteiger partial charge is 0.193 e. The van der Waals surface area contributed by atoms with Crippen LogP contribution in [0.25, 0.3) is 11.0 Å². The molecule has 0 radical (unpaired) electrons. The number of aromatic amines is 1. The number of H-pyrrole nitrogens is 1. The quantitative estimate of drug-likeness (QED) is 0.544. The molecule has 3 rings (SSSR count). The molecule has 130 valence electrons. The molecule has 0 saturated heterocycles. The molecule has 6 heteroatoms. The van der Waals surface area contributed by atoms with Gasteiger partial charge in [-0.25, -0.2) is 4.98 Å². The van der Waals surface area contributed by atoms with Gasteiger partial charge in [-0.2, -0.15) is 0 Å². The molecule has 0 bridgehead atoms. The molecule has 0 spiro atoms. The van der Waals surface area contributed by atoms with E-state index in [2.05, 4.69) is 31.2 Å². The van der Waals surface area contributed by atoms with E-state index >= 15 is 0 Å². The van der Waals surface area contributed by atoms with Crippen molar-refractivity contribution in [1.29, 1.82) is 0 Å². The van der Waals surface area contributed by atoms with Crippen LogP contribution in [0.3, 0.4) is 0 Å². The molecule has 0 aliphatic heterocycles. The number of aliphatic imine (C=N–C) groups is 1. The monoisotopic (exact) mass is 355 g/mol. The Morgan fingerprint density at radius 2 is 2.08 bits per heavy atom. The predicted octanol–water partition coefficient (Wildman–Crippen LogP) is 3.47. The summed E-state index contributed by atoms with van der Waals surface area (Å²) in [5.41, 5.74) is 3.38. The summed E-state index contributed by atoms with van der Waals surface area (Å²) in [6, 6.07) is 11.9. The van der Waals surface area contributed by atoms with Crippen LogP contribution in [-0.2, 0) is 13.0 Å². The molecule has 0 fully saturated rings. The fourth-order valence-electron chi connectivity index (χ4n) is 2.85. The van der Waals surface area contributed by atoms with Gasteiger partial charge in [-0.05, 0) is 41.8 Å². The number of guanidine groups is 1. The number of hydrogen-bond acceptors (Lipinski definition) is 2. The van der Waals surface area contributed by atoms with Crippen LogP contribution in [0.4, 0.5) is 0 Å². The lowest BCUT2D eigenvalue weighted by atomic mass is 10.1. The van der Waals surface area contributed by atoms with E-state index in [1.807, 2.05) is 43.6 Å². The van der Waals surface area contributed by atoms with Crippen molar-refractivity contribution in [2.45, 2.75) is 13.0 Å². The molecular formula is C19H22ClN5. The molecule has 0 aliphatic rings. The number of halogens is 1. The Hall–Kier alpha value is -2.53. The van der Waals surface area contributed by atoms with Crippen LogP contribution in [0.1, 0.15) is 11.1 Å². The van der Waals surface area contributed by atoms with E-state index in [-0.39, 0.29) is 0 Å². The Morgan fingerprint density at radius 1 is 1.28 bits per heavy atom. The standard InChI is InChI=1S/C19H22ClN5/c1-21-19(25(2)13-14-5-7-16(20)8-6-14)23-11-9-15-12-24-18-17(15)4-3-10-22-18/h3-8,10,12H,9,11,13H2,1-2H3,(H,21,23)(H,22,24). The highest BCUT2D eigenvalue weighted by Crippen LogP contribution is 2.15. The third-order valence-corrected chi connectivity index (χ3v) is 4.37. The summed E-state index contributed by atoms with van der Waals surface area (Å²) in [7, 11) is 3.83. The van der Waals surface area contributed by atoms with Gasteiger partial charge < -0.3 is 15.2 Å². The van der Waals surface area contributed by atoms with E-state index in [0.717, 1.165) is 36.1 Å². The maximum absolute atomic E-state index is 5.94. The van der Waals surface area contributed by atoms with E-state index in [4.69, 9.17) is 11.6 Å². The summed E-state index contributed by atoms with van der Waals surface area (Å²) >= 11 is 5.94. The molecule has 2 N–H and O–H groups in total. The summed E-state index contributed by atoms with van der Waals surface area (Å²) < 4.78 is 0. The minimum Gasteiger partial charge on any atom is -0.356 e. The SMILES string of the molecule is CN=C(NCCc1c[nH]c2ncccc12)N(C)Cc1ccc(Cl)cc1. The Bertz CT molecular complexity index is 854. The summed E-state index contributed by atoms with van der Waals surface area (Å²) in [6.07, 6.45) is 4.73. The van der Waals surface area contributed by atoms with Crippen molar-refractivity contribution in [3.05, 3.63) is 64.9 Å². The van der Waals surface area contributed by atoms with Crippen LogP contribution in [0.5, 0.6) is 0 Å². The fourth-order valence-corrected chi connectivity index (χ4v) is 2.98. The van der Waals surface area contributed by atoms with Gasteiger partial charge in [0.2, 0.25) is 0 Å². The van der Waals surface area contributed by atoms with Crippen LogP contribution in [0.15, 0.2) is 53.8 Å². The molecular weight excluding hydrogens is 334 g/mol. The van der Waals surface area contributed by atoms with Gasteiger partial charge >= 0.3 is 0 Å². The lowest BCUT2D eigenvalue weighted by molar-refractivity contribution is 0.477. The number of rotatable bonds is 5. The Balaban J connectivity index is 1.56. The lowest BCUT2D eigenvalue weighted by Crippen LogP contribution is -2.39. The van der Waals surface area contributed by atoms with Crippen molar-refractivity contribution in [3.63, 3.8) is 0 Å². The summed E-state index contributed by atoms with van der Waals surface area (Å²) in [5.74, 6) is 0.868. The predicted molar refractivity (Wildman–Crippen MR) is 104 cm³/mol. The van der Waals surface area contributed by atoms with Crippen LogP contribution < -0.4 is 5.32 Å². The molecule has 2 aromatic heterocycles.